The number of carboxylic acids is 1. The number of thiophene rings is 1. The van der Waals surface area contributed by atoms with Crippen molar-refractivity contribution in [1.29, 1.82) is 0 Å². The molecule has 9 heteroatoms. The average Bonchev–Trinajstić information content (AvgIpc) is 2.79. The van der Waals surface area contributed by atoms with E-state index in [1.165, 1.54) is 30.3 Å². The first-order chi connectivity index (χ1) is 9.31. The molecule has 20 heavy (non-hydrogen) atoms. The largest absolute Gasteiger partial charge is 0.478 e. The van der Waals surface area contributed by atoms with Crippen LogP contribution in [0.4, 0.5) is 5.69 Å². The standard InChI is InChI=1S/C11H7Cl2NO4S2/c12-7-3-1-2-6(11(15)16)10(7)14-20(17,18)9-5-4-8(13)19-9/h1-5,14H,(H,15,16). The molecule has 0 aliphatic carbocycles. The predicted molar refractivity (Wildman–Crippen MR) is 78.5 cm³/mol. The molecule has 1 aromatic carbocycles. The first-order valence-electron chi connectivity index (χ1n) is 5.11. The van der Waals surface area contributed by atoms with E-state index in [1.807, 2.05) is 0 Å². The van der Waals surface area contributed by atoms with Gasteiger partial charge >= 0.3 is 5.97 Å². The van der Waals surface area contributed by atoms with Gasteiger partial charge < -0.3 is 5.11 Å². The number of carbonyl (C=O) groups is 1. The van der Waals surface area contributed by atoms with E-state index in [-0.39, 0.29) is 20.5 Å². The van der Waals surface area contributed by atoms with Gasteiger partial charge in [-0.1, -0.05) is 29.3 Å². The van der Waals surface area contributed by atoms with E-state index in [9.17, 15) is 13.2 Å². The summed E-state index contributed by atoms with van der Waals surface area (Å²) in [6.45, 7) is 0. The molecule has 1 aromatic heterocycles. The van der Waals surface area contributed by atoms with Gasteiger partial charge in [0, 0.05) is 0 Å². The topological polar surface area (TPSA) is 83.5 Å². The van der Waals surface area contributed by atoms with Crippen LogP contribution in [0.25, 0.3) is 0 Å². The number of hydrogen-bond acceptors (Lipinski definition) is 4. The molecule has 2 aromatic rings. The molecule has 0 saturated heterocycles. The van der Waals surface area contributed by atoms with Crippen molar-refractivity contribution in [2.45, 2.75) is 4.21 Å². The van der Waals surface area contributed by atoms with Gasteiger partial charge in [0.15, 0.2) is 0 Å². The van der Waals surface area contributed by atoms with Crippen LogP contribution in [0.15, 0.2) is 34.5 Å². The lowest BCUT2D eigenvalue weighted by molar-refractivity contribution is 0.0698. The highest BCUT2D eigenvalue weighted by Crippen LogP contribution is 2.31. The van der Waals surface area contributed by atoms with Crippen molar-refractivity contribution in [3.8, 4) is 0 Å². The third-order valence-corrected chi connectivity index (χ3v) is 5.68. The summed E-state index contributed by atoms with van der Waals surface area (Å²) < 4.78 is 26.7. The van der Waals surface area contributed by atoms with Gasteiger partial charge in [-0.2, -0.15) is 0 Å². The lowest BCUT2D eigenvalue weighted by Gasteiger charge is -2.10. The first kappa shape index (κ1) is 15.1. The van der Waals surface area contributed by atoms with Crippen LogP contribution in [-0.2, 0) is 10.0 Å². The van der Waals surface area contributed by atoms with Crippen LogP contribution in [0, 0.1) is 0 Å². The molecule has 106 valence electrons. The summed E-state index contributed by atoms with van der Waals surface area (Å²) in [5.74, 6) is -1.28. The van der Waals surface area contributed by atoms with Gasteiger partial charge in [0.05, 0.1) is 20.6 Å². The van der Waals surface area contributed by atoms with Crippen LogP contribution in [-0.4, -0.2) is 19.5 Å². The smallest absolute Gasteiger partial charge is 0.337 e. The Hall–Kier alpha value is -1.28. The lowest BCUT2D eigenvalue weighted by Crippen LogP contribution is -2.15. The molecule has 0 bridgehead atoms. The molecule has 1 heterocycles. The SMILES string of the molecule is O=C(O)c1cccc(Cl)c1NS(=O)(=O)c1ccc(Cl)s1. The lowest BCUT2D eigenvalue weighted by atomic mass is 10.2. The third kappa shape index (κ3) is 3.06. The molecule has 0 atom stereocenters. The molecule has 5 nitrogen and oxygen atoms in total. The molecule has 0 aliphatic rings. The van der Waals surface area contributed by atoms with Crippen molar-refractivity contribution in [1.82, 2.24) is 0 Å². The van der Waals surface area contributed by atoms with E-state index in [2.05, 4.69) is 4.72 Å². The van der Waals surface area contributed by atoms with E-state index in [4.69, 9.17) is 28.3 Å². The van der Waals surface area contributed by atoms with Crippen LogP contribution >= 0.6 is 34.5 Å². The molecule has 0 saturated carbocycles. The van der Waals surface area contributed by atoms with Crippen molar-refractivity contribution < 1.29 is 18.3 Å². The van der Waals surface area contributed by atoms with Crippen LogP contribution < -0.4 is 4.72 Å². The van der Waals surface area contributed by atoms with E-state index in [0.717, 1.165) is 11.3 Å². The third-order valence-electron chi connectivity index (χ3n) is 2.29. The Labute approximate surface area is 128 Å². The second-order valence-electron chi connectivity index (χ2n) is 3.63. The maximum Gasteiger partial charge on any atom is 0.337 e. The fraction of sp³-hybridized carbons (Fsp3) is 0. The first-order valence-corrected chi connectivity index (χ1v) is 8.17. The van der Waals surface area contributed by atoms with Crippen molar-refractivity contribution in [3.63, 3.8) is 0 Å². The summed E-state index contributed by atoms with van der Waals surface area (Å²) in [7, 11) is -3.93. The molecule has 2 rings (SSSR count). The highest BCUT2D eigenvalue weighted by molar-refractivity contribution is 7.94. The highest BCUT2D eigenvalue weighted by Gasteiger charge is 2.22. The van der Waals surface area contributed by atoms with E-state index >= 15 is 0 Å². The minimum absolute atomic E-state index is 0.00359. The Morgan fingerprint density at radius 2 is 1.90 bits per heavy atom. The van der Waals surface area contributed by atoms with Crippen LogP contribution in [0.2, 0.25) is 9.36 Å². The maximum atomic E-state index is 12.1. The van der Waals surface area contributed by atoms with Gasteiger partial charge in [-0.25, -0.2) is 13.2 Å². The van der Waals surface area contributed by atoms with Gasteiger partial charge in [0.1, 0.15) is 4.21 Å². The fourth-order valence-electron chi connectivity index (χ4n) is 1.43. The molecular formula is C11H7Cl2NO4S2. The number of carboxylic acid groups (broad SMARTS) is 1. The summed E-state index contributed by atoms with van der Waals surface area (Å²) in [6.07, 6.45) is 0. The molecule has 0 spiro atoms. The number of halogens is 2. The van der Waals surface area contributed by atoms with Gasteiger partial charge in [0.2, 0.25) is 0 Å². The quantitative estimate of drug-likeness (QED) is 0.881. The molecule has 0 unspecified atom stereocenters. The number of benzene rings is 1. The number of nitrogens with one attached hydrogen (secondary N) is 1. The second-order valence-corrected chi connectivity index (χ2v) is 7.66. The Morgan fingerprint density at radius 3 is 2.45 bits per heavy atom. The molecule has 0 radical (unpaired) electrons. The molecule has 2 N–H and O–H groups in total. The monoisotopic (exact) mass is 351 g/mol. The van der Waals surface area contributed by atoms with Gasteiger partial charge in [-0.3, -0.25) is 4.72 Å². The van der Waals surface area contributed by atoms with Gasteiger partial charge in [-0.15, -0.1) is 11.3 Å². The molecule has 0 amide bonds. The zero-order valence-electron chi connectivity index (χ0n) is 9.63. The zero-order valence-corrected chi connectivity index (χ0v) is 12.8. The van der Waals surface area contributed by atoms with Gasteiger partial charge in [0.25, 0.3) is 10.0 Å². The van der Waals surface area contributed by atoms with E-state index in [1.54, 1.807) is 0 Å². The minimum atomic E-state index is -3.93. The number of rotatable bonds is 4. The second kappa shape index (κ2) is 5.61. The Balaban J connectivity index is 2.47. The van der Waals surface area contributed by atoms with Crippen molar-refractivity contribution >= 4 is 56.2 Å². The minimum Gasteiger partial charge on any atom is -0.478 e. The van der Waals surface area contributed by atoms with Crippen molar-refractivity contribution in [2.24, 2.45) is 0 Å². The Kier molecular flexibility index (Phi) is 4.24. The summed E-state index contributed by atoms with van der Waals surface area (Å²) >= 11 is 12.4. The molecule has 0 fully saturated rings. The number of hydrogen-bond donors (Lipinski definition) is 2. The van der Waals surface area contributed by atoms with E-state index in [0.29, 0.717) is 4.34 Å². The summed E-state index contributed by atoms with van der Waals surface area (Å²) in [5, 5.41) is 9.05. The van der Waals surface area contributed by atoms with E-state index < -0.39 is 16.0 Å². The number of sulfonamides is 1. The molecule has 0 aliphatic heterocycles. The number of aromatic carboxylic acids is 1. The Morgan fingerprint density at radius 1 is 1.20 bits per heavy atom. The fourth-order valence-corrected chi connectivity index (χ4v) is 4.29. The van der Waals surface area contributed by atoms with Gasteiger partial charge in [-0.05, 0) is 24.3 Å². The van der Waals surface area contributed by atoms with Crippen molar-refractivity contribution in [3.05, 3.63) is 45.3 Å². The summed E-state index contributed by atoms with van der Waals surface area (Å²) in [4.78, 5) is 11.1. The van der Waals surface area contributed by atoms with Crippen LogP contribution in [0.3, 0.4) is 0 Å². The number of para-hydroxylation sites is 1. The predicted octanol–water partition coefficient (Wildman–Crippen LogP) is 3.55. The van der Waals surface area contributed by atoms with Crippen molar-refractivity contribution in [2.75, 3.05) is 4.72 Å². The number of anilines is 1. The zero-order chi connectivity index (χ0) is 14.9. The molecular weight excluding hydrogens is 345 g/mol. The maximum absolute atomic E-state index is 12.1. The summed E-state index contributed by atoms with van der Waals surface area (Å²) in [6, 6.07) is 6.84. The highest BCUT2D eigenvalue weighted by atomic mass is 35.5. The normalized spacial score (nSPS) is 11.3. The Bertz CT molecular complexity index is 770. The average molecular weight is 352 g/mol. The summed E-state index contributed by atoms with van der Waals surface area (Å²) in [5.41, 5.74) is -0.407. The van der Waals surface area contributed by atoms with Crippen LogP contribution in [0.1, 0.15) is 10.4 Å². The van der Waals surface area contributed by atoms with Crippen LogP contribution in [0.5, 0.6) is 0 Å².